The lowest BCUT2D eigenvalue weighted by Crippen LogP contribution is -2.06. The Balaban J connectivity index is 1.06. The number of benzene rings is 7. The van der Waals surface area contributed by atoms with Crippen LogP contribution in [0.1, 0.15) is 0 Å². The van der Waals surface area contributed by atoms with Gasteiger partial charge in [0.25, 0.3) is 0 Å². The minimum absolute atomic E-state index is 0.594. The van der Waals surface area contributed by atoms with Crippen LogP contribution < -0.4 is 0 Å². The Kier molecular flexibility index (Phi) is 5.87. The van der Waals surface area contributed by atoms with E-state index in [9.17, 15) is 0 Å². The first kappa shape index (κ1) is 28.8. The van der Waals surface area contributed by atoms with Gasteiger partial charge in [0, 0.05) is 53.5 Å². The molecule has 12 aromatic rings. The molecule has 5 aromatic heterocycles. The monoisotopic (exact) mass is 693 g/mol. The minimum atomic E-state index is 0.594. The molecular weight excluding hydrogens is 667 g/mol. The zero-order valence-corrected chi connectivity index (χ0v) is 29.0. The van der Waals surface area contributed by atoms with Crippen molar-refractivity contribution in [3.63, 3.8) is 0 Å². The van der Waals surface area contributed by atoms with Gasteiger partial charge in [0.15, 0.2) is 11.6 Å². The van der Waals surface area contributed by atoms with Gasteiger partial charge >= 0.3 is 0 Å². The maximum absolute atomic E-state index is 5.10. The van der Waals surface area contributed by atoms with E-state index in [1.807, 2.05) is 72.0 Å². The van der Waals surface area contributed by atoms with Crippen LogP contribution in [0.2, 0.25) is 0 Å². The van der Waals surface area contributed by atoms with E-state index < -0.39 is 0 Å². The molecule has 0 aliphatic heterocycles. The first-order valence-electron chi connectivity index (χ1n) is 17.8. The molecule has 0 fully saturated rings. The van der Waals surface area contributed by atoms with E-state index in [0.717, 1.165) is 32.9 Å². The zero-order chi connectivity index (χ0) is 34.6. The average molecular weight is 694 g/mol. The zero-order valence-electron chi connectivity index (χ0n) is 28.2. The van der Waals surface area contributed by atoms with Crippen molar-refractivity contribution < 1.29 is 0 Å². The maximum Gasteiger partial charge on any atom is 0.238 e. The van der Waals surface area contributed by atoms with Crippen molar-refractivity contribution >= 4 is 80.6 Å². The van der Waals surface area contributed by atoms with Crippen LogP contribution in [0.5, 0.6) is 0 Å². The molecule has 7 aromatic carbocycles. The summed E-state index contributed by atoms with van der Waals surface area (Å²) >= 11 is 1.88. The summed E-state index contributed by atoms with van der Waals surface area (Å²) in [5.74, 6) is 1.88. The third-order valence-electron chi connectivity index (χ3n) is 10.7. The molecular formula is C47H27N5S. The lowest BCUT2D eigenvalue weighted by atomic mass is 10.00. The highest BCUT2D eigenvalue weighted by molar-refractivity contribution is 7.25. The number of fused-ring (bicyclic) bond motifs is 11. The SMILES string of the molecule is c1ccc(-c2nc(-c3ccccc3)nc(-n3c4ccccc4c4cc(-c5ccc6c(c5)c5cccc7c8c9ccccc9sc8n6c57)ccc43)n2)cc1. The summed E-state index contributed by atoms with van der Waals surface area (Å²) < 4.78 is 6.00. The summed E-state index contributed by atoms with van der Waals surface area (Å²) in [6.07, 6.45) is 0. The first-order chi connectivity index (χ1) is 26.3. The maximum atomic E-state index is 5.10. The molecule has 6 heteroatoms. The predicted octanol–water partition coefficient (Wildman–Crippen LogP) is 12.3. The molecule has 0 unspecified atom stereocenters. The molecule has 53 heavy (non-hydrogen) atoms. The third kappa shape index (κ3) is 4.09. The van der Waals surface area contributed by atoms with Gasteiger partial charge in [0.05, 0.1) is 22.1 Å². The Hall–Kier alpha value is -6.89. The Morgan fingerprint density at radius 1 is 0.396 bits per heavy atom. The van der Waals surface area contributed by atoms with Crippen LogP contribution in [-0.4, -0.2) is 23.9 Å². The highest BCUT2D eigenvalue weighted by atomic mass is 32.1. The number of hydrogen-bond acceptors (Lipinski definition) is 4. The van der Waals surface area contributed by atoms with Gasteiger partial charge < -0.3 is 0 Å². The predicted molar refractivity (Wildman–Crippen MR) is 221 cm³/mol. The Morgan fingerprint density at radius 2 is 0.962 bits per heavy atom. The van der Waals surface area contributed by atoms with Crippen molar-refractivity contribution in [1.82, 2.24) is 23.9 Å². The van der Waals surface area contributed by atoms with E-state index in [1.165, 1.54) is 58.6 Å². The second-order valence-electron chi connectivity index (χ2n) is 13.6. The summed E-state index contributed by atoms with van der Waals surface area (Å²) in [4.78, 5) is 16.5. The molecule has 0 amide bonds. The molecule has 0 saturated heterocycles. The Morgan fingerprint density at radius 3 is 1.70 bits per heavy atom. The fraction of sp³-hybridized carbons (Fsp3) is 0. The molecule has 0 spiro atoms. The molecule has 0 atom stereocenters. The van der Waals surface area contributed by atoms with E-state index in [4.69, 9.17) is 15.0 Å². The fourth-order valence-corrected chi connectivity index (χ4v) is 9.61. The van der Waals surface area contributed by atoms with Crippen molar-refractivity contribution in [3.8, 4) is 39.9 Å². The van der Waals surface area contributed by atoms with Crippen LogP contribution in [0.3, 0.4) is 0 Å². The standard InChI is InChI=1S/C47H27N5S/c1-3-12-28(13-4-1)44-48-45(29-14-5-2-6-15-29)50-47(49-44)51-38-20-9-7-16-32(38)36-26-30(22-24-39(36)51)31-23-25-40-37(27-31)33-18-11-19-35-42-34-17-8-10-21-41(34)53-46(42)52(40)43(33)35/h1-27H. The highest BCUT2D eigenvalue weighted by Gasteiger charge is 2.22. The molecule has 0 saturated carbocycles. The van der Waals surface area contributed by atoms with Crippen LogP contribution in [-0.2, 0) is 0 Å². The van der Waals surface area contributed by atoms with Crippen molar-refractivity contribution in [2.45, 2.75) is 0 Å². The van der Waals surface area contributed by atoms with E-state index >= 15 is 0 Å². The third-order valence-corrected chi connectivity index (χ3v) is 11.9. The lowest BCUT2D eigenvalue weighted by molar-refractivity contribution is 0.953. The largest absolute Gasteiger partial charge is 0.299 e. The molecule has 0 N–H and O–H groups in total. The normalized spacial score (nSPS) is 12.2. The summed E-state index contributed by atoms with van der Waals surface area (Å²) in [5.41, 5.74) is 8.92. The first-order valence-corrected chi connectivity index (χ1v) is 18.6. The van der Waals surface area contributed by atoms with Crippen LogP contribution in [0.15, 0.2) is 164 Å². The van der Waals surface area contributed by atoms with Gasteiger partial charge in [-0.1, -0.05) is 127 Å². The van der Waals surface area contributed by atoms with Gasteiger partial charge in [-0.2, -0.15) is 9.97 Å². The van der Waals surface area contributed by atoms with Crippen molar-refractivity contribution in [2.24, 2.45) is 0 Å². The molecule has 246 valence electrons. The van der Waals surface area contributed by atoms with Crippen molar-refractivity contribution in [3.05, 3.63) is 164 Å². The average Bonchev–Trinajstić information content (AvgIpc) is 3.96. The molecule has 0 aliphatic carbocycles. The summed E-state index contributed by atoms with van der Waals surface area (Å²) in [6, 6.07) is 58.1. The van der Waals surface area contributed by atoms with Crippen molar-refractivity contribution in [2.75, 3.05) is 0 Å². The van der Waals surface area contributed by atoms with E-state index in [1.54, 1.807) is 0 Å². The molecule has 12 rings (SSSR count). The number of hydrogen-bond donors (Lipinski definition) is 0. The fourth-order valence-electron chi connectivity index (χ4n) is 8.38. The molecule has 0 bridgehead atoms. The molecule has 0 radical (unpaired) electrons. The number of nitrogens with zero attached hydrogens (tertiary/aromatic N) is 5. The highest BCUT2D eigenvalue weighted by Crippen LogP contribution is 2.46. The summed E-state index contributed by atoms with van der Waals surface area (Å²) in [7, 11) is 0. The smallest absolute Gasteiger partial charge is 0.238 e. The quantitative estimate of drug-likeness (QED) is 0.184. The van der Waals surface area contributed by atoms with E-state index in [0.29, 0.717) is 17.6 Å². The van der Waals surface area contributed by atoms with Crippen LogP contribution in [0, 0.1) is 0 Å². The van der Waals surface area contributed by atoms with Crippen LogP contribution in [0.25, 0.3) is 109 Å². The van der Waals surface area contributed by atoms with Crippen LogP contribution >= 0.6 is 11.3 Å². The van der Waals surface area contributed by atoms with Gasteiger partial charge in [-0.05, 0) is 47.5 Å². The van der Waals surface area contributed by atoms with Gasteiger partial charge in [0.1, 0.15) is 4.83 Å². The van der Waals surface area contributed by atoms with Crippen molar-refractivity contribution in [1.29, 1.82) is 0 Å². The Bertz CT molecular complexity index is 3330. The van der Waals surface area contributed by atoms with Gasteiger partial charge in [-0.3, -0.25) is 8.97 Å². The van der Waals surface area contributed by atoms with Gasteiger partial charge in [-0.15, -0.1) is 11.3 Å². The molecule has 0 aliphatic rings. The lowest BCUT2D eigenvalue weighted by Gasteiger charge is -2.11. The number of rotatable bonds is 4. The second-order valence-corrected chi connectivity index (χ2v) is 14.7. The topological polar surface area (TPSA) is 48.0 Å². The van der Waals surface area contributed by atoms with Gasteiger partial charge in [0.2, 0.25) is 5.95 Å². The van der Waals surface area contributed by atoms with Crippen LogP contribution in [0.4, 0.5) is 0 Å². The number of aromatic nitrogens is 5. The van der Waals surface area contributed by atoms with E-state index in [2.05, 4.69) is 112 Å². The Labute approximate surface area is 307 Å². The number of para-hydroxylation sites is 2. The molecule has 5 nitrogen and oxygen atoms in total. The minimum Gasteiger partial charge on any atom is -0.299 e. The summed E-state index contributed by atoms with van der Waals surface area (Å²) in [6.45, 7) is 0. The second kappa shape index (κ2) is 10.8. The summed E-state index contributed by atoms with van der Waals surface area (Å²) in [5, 5.41) is 8.91. The number of thiophene rings is 1. The van der Waals surface area contributed by atoms with E-state index in [-0.39, 0.29) is 0 Å². The molecule has 5 heterocycles. The van der Waals surface area contributed by atoms with Gasteiger partial charge in [-0.25, -0.2) is 4.98 Å².